The van der Waals surface area contributed by atoms with Crippen LogP contribution < -0.4 is 0 Å². The third-order valence-corrected chi connectivity index (χ3v) is 3.29. The first-order valence-corrected chi connectivity index (χ1v) is 6.49. The summed E-state index contributed by atoms with van der Waals surface area (Å²) in [4.78, 5) is 18.5. The standard InChI is InChI=1S/C16H11N3O3/c20-16-14(11-1-5-17-6-2-11)9-13(19(21)22)10-15(16)12-3-7-18-8-4-12/h1-10,20H. The van der Waals surface area contributed by atoms with Gasteiger partial charge in [0.05, 0.1) is 4.92 Å². The van der Waals surface area contributed by atoms with Crippen molar-refractivity contribution in [2.24, 2.45) is 0 Å². The Labute approximate surface area is 125 Å². The second-order valence-electron chi connectivity index (χ2n) is 4.62. The molecule has 0 aliphatic heterocycles. The molecule has 2 aromatic heterocycles. The van der Waals surface area contributed by atoms with Gasteiger partial charge in [-0.05, 0) is 35.4 Å². The Hall–Kier alpha value is -3.28. The van der Waals surface area contributed by atoms with E-state index in [0.29, 0.717) is 22.3 Å². The summed E-state index contributed by atoms with van der Waals surface area (Å²) < 4.78 is 0. The molecule has 0 unspecified atom stereocenters. The Morgan fingerprint density at radius 2 is 1.27 bits per heavy atom. The quantitative estimate of drug-likeness (QED) is 0.590. The molecular weight excluding hydrogens is 282 g/mol. The average molecular weight is 293 g/mol. The van der Waals surface area contributed by atoms with Gasteiger partial charge in [0.25, 0.3) is 5.69 Å². The molecule has 0 aliphatic carbocycles. The predicted octanol–water partition coefficient (Wildman–Crippen LogP) is 3.42. The number of nitro benzene ring substituents is 1. The molecule has 0 saturated heterocycles. The highest BCUT2D eigenvalue weighted by Crippen LogP contribution is 2.40. The number of phenolic OH excluding ortho intramolecular Hbond substituents is 1. The highest BCUT2D eigenvalue weighted by atomic mass is 16.6. The summed E-state index contributed by atoms with van der Waals surface area (Å²) in [5.41, 5.74) is 2.02. The first-order valence-electron chi connectivity index (χ1n) is 6.49. The monoisotopic (exact) mass is 293 g/mol. The molecule has 6 nitrogen and oxygen atoms in total. The van der Waals surface area contributed by atoms with Gasteiger partial charge in [-0.15, -0.1) is 0 Å². The highest BCUT2D eigenvalue weighted by molar-refractivity contribution is 5.84. The van der Waals surface area contributed by atoms with Crippen LogP contribution in [0.1, 0.15) is 0 Å². The third kappa shape index (κ3) is 2.49. The zero-order valence-electron chi connectivity index (χ0n) is 11.4. The zero-order chi connectivity index (χ0) is 15.5. The first kappa shape index (κ1) is 13.7. The van der Waals surface area contributed by atoms with E-state index in [1.54, 1.807) is 49.1 Å². The van der Waals surface area contributed by atoms with Crippen molar-refractivity contribution in [2.45, 2.75) is 0 Å². The number of phenols is 1. The molecule has 1 aromatic carbocycles. The van der Waals surface area contributed by atoms with E-state index in [-0.39, 0.29) is 11.4 Å². The number of aromatic nitrogens is 2. The van der Waals surface area contributed by atoms with Gasteiger partial charge in [0.1, 0.15) is 5.75 Å². The van der Waals surface area contributed by atoms with Crippen molar-refractivity contribution in [1.29, 1.82) is 0 Å². The summed E-state index contributed by atoms with van der Waals surface area (Å²) in [7, 11) is 0. The Balaban J connectivity index is 2.27. The second kappa shape index (κ2) is 5.61. The maximum absolute atomic E-state index is 11.2. The summed E-state index contributed by atoms with van der Waals surface area (Å²) in [5.74, 6) is -0.0111. The van der Waals surface area contributed by atoms with Gasteiger partial charge < -0.3 is 5.11 Å². The third-order valence-electron chi connectivity index (χ3n) is 3.29. The van der Waals surface area contributed by atoms with Crippen LogP contribution in [0.2, 0.25) is 0 Å². The van der Waals surface area contributed by atoms with Crippen LogP contribution >= 0.6 is 0 Å². The minimum atomic E-state index is -0.477. The van der Waals surface area contributed by atoms with Crippen molar-refractivity contribution in [3.05, 3.63) is 71.3 Å². The maximum Gasteiger partial charge on any atom is 0.270 e. The molecule has 1 N–H and O–H groups in total. The zero-order valence-corrected chi connectivity index (χ0v) is 11.4. The number of rotatable bonds is 3. The Bertz CT molecular complexity index is 760. The van der Waals surface area contributed by atoms with Crippen LogP contribution in [0.3, 0.4) is 0 Å². The molecule has 6 heteroatoms. The Kier molecular flexibility index (Phi) is 3.49. The largest absolute Gasteiger partial charge is 0.507 e. The summed E-state index contributed by atoms with van der Waals surface area (Å²) in [6.45, 7) is 0. The van der Waals surface area contributed by atoms with Gasteiger partial charge in [0, 0.05) is 48.0 Å². The molecule has 0 fully saturated rings. The average Bonchev–Trinajstić information content (AvgIpc) is 2.56. The van der Waals surface area contributed by atoms with Crippen LogP contribution in [0.25, 0.3) is 22.3 Å². The van der Waals surface area contributed by atoms with E-state index in [2.05, 4.69) is 9.97 Å². The van der Waals surface area contributed by atoms with E-state index in [4.69, 9.17) is 0 Å². The van der Waals surface area contributed by atoms with Gasteiger partial charge in [0.2, 0.25) is 0 Å². The number of aromatic hydroxyl groups is 1. The van der Waals surface area contributed by atoms with Gasteiger partial charge in [0.15, 0.2) is 0 Å². The molecule has 3 aromatic rings. The molecule has 0 radical (unpaired) electrons. The molecular formula is C16H11N3O3. The van der Waals surface area contributed by atoms with E-state index >= 15 is 0 Å². The van der Waals surface area contributed by atoms with Gasteiger partial charge in [-0.3, -0.25) is 20.1 Å². The SMILES string of the molecule is O=[N+]([O-])c1cc(-c2ccncc2)c(O)c(-c2ccncc2)c1. The summed E-state index contributed by atoms with van der Waals surface area (Å²) in [6.07, 6.45) is 6.28. The molecule has 0 spiro atoms. The van der Waals surface area contributed by atoms with Crippen LogP contribution in [-0.4, -0.2) is 20.0 Å². The van der Waals surface area contributed by atoms with E-state index in [0.717, 1.165) is 0 Å². The normalized spacial score (nSPS) is 10.4. The second-order valence-corrected chi connectivity index (χ2v) is 4.62. The molecule has 3 rings (SSSR count). The fourth-order valence-electron chi connectivity index (χ4n) is 2.23. The van der Waals surface area contributed by atoms with E-state index in [1.165, 1.54) is 12.1 Å². The van der Waals surface area contributed by atoms with Crippen molar-refractivity contribution < 1.29 is 10.0 Å². The number of hydrogen-bond acceptors (Lipinski definition) is 5. The first-order chi connectivity index (χ1) is 10.7. The number of pyridine rings is 2. The van der Waals surface area contributed by atoms with Crippen molar-refractivity contribution in [3.8, 4) is 28.0 Å². The van der Waals surface area contributed by atoms with Gasteiger partial charge >= 0.3 is 0 Å². The molecule has 0 bridgehead atoms. The van der Waals surface area contributed by atoms with E-state index < -0.39 is 4.92 Å². The lowest BCUT2D eigenvalue weighted by molar-refractivity contribution is -0.384. The lowest BCUT2D eigenvalue weighted by Crippen LogP contribution is -1.92. The van der Waals surface area contributed by atoms with Crippen molar-refractivity contribution >= 4 is 5.69 Å². The number of hydrogen-bond donors (Lipinski definition) is 1. The summed E-state index contributed by atoms with van der Waals surface area (Å²) in [5, 5.41) is 21.7. The Morgan fingerprint density at radius 3 is 1.64 bits per heavy atom. The topological polar surface area (TPSA) is 89.2 Å². The lowest BCUT2D eigenvalue weighted by atomic mass is 9.97. The van der Waals surface area contributed by atoms with E-state index in [1.807, 2.05) is 0 Å². The van der Waals surface area contributed by atoms with Crippen molar-refractivity contribution in [2.75, 3.05) is 0 Å². The lowest BCUT2D eigenvalue weighted by Gasteiger charge is -2.10. The summed E-state index contributed by atoms with van der Waals surface area (Å²) >= 11 is 0. The highest BCUT2D eigenvalue weighted by Gasteiger charge is 2.18. The number of non-ortho nitro benzene ring substituents is 1. The predicted molar refractivity (Wildman–Crippen MR) is 81.2 cm³/mol. The number of benzene rings is 1. The van der Waals surface area contributed by atoms with Gasteiger partial charge in [-0.25, -0.2) is 0 Å². The molecule has 0 aliphatic rings. The summed E-state index contributed by atoms with van der Waals surface area (Å²) in [6, 6.07) is 9.47. The number of nitrogens with zero attached hydrogens (tertiary/aromatic N) is 3. The van der Waals surface area contributed by atoms with Crippen molar-refractivity contribution in [1.82, 2.24) is 9.97 Å². The van der Waals surface area contributed by atoms with Crippen LogP contribution in [-0.2, 0) is 0 Å². The Morgan fingerprint density at radius 1 is 0.864 bits per heavy atom. The van der Waals surface area contributed by atoms with Gasteiger partial charge in [-0.1, -0.05) is 0 Å². The maximum atomic E-state index is 11.2. The molecule has 108 valence electrons. The molecule has 0 amide bonds. The number of nitro groups is 1. The molecule has 22 heavy (non-hydrogen) atoms. The van der Waals surface area contributed by atoms with Crippen LogP contribution in [0.4, 0.5) is 5.69 Å². The van der Waals surface area contributed by atoms with Crippen LogP contribution in [0.5, 0.6) is 5.75 Å². The van der Waals surface area contributed by atoms with Gasteiger partial charge in [-0.2, -0.15) is 0 Å². The van der Waals surface area contributed by atoms with Crippen molar-refractivity contribution in [3.63, 3.8) is 0 Å². The smallest absolute Gasteiger partial charge is 0.270 e. The minimum absolute atomic E-state index is 0.0111. The fourth-order valence-corrected chi connectivity index (χ4v) is 2.23. The van der Waals surface area contributed by atoms with Crippen LogP contribution in [0, 0.1) is 10.1 Å². The van der Waals surface area contributed by atoms with E-state index in [9.17, 15) is 15.2 Å². The fraction of sp³-hybridized carbons (Fsp3) is 0. The minimum Gasteiger partial charge on any atom is -0.507 e. The van der Waals surface area contributed by atoms with Crippen LogP contribution in [0.15, 0.2) is 61.2 Å². The molecule has 0 saturated carbocycles. The molecule has 0 atom stereocenters. The molecule has 2 heterocycles.